The fourth-order valence-electron chi connectivity index (χ4n) is 2.34. The minimum atomic E-state index is -4.44. The Balaban J connectivity index is 2.00. The van der Waals surface area contributed by atoms with Gasteiger partial charge in [-0.25, -0.2) is 0 Å². The van der Waals surface area contributed by atoms with E-state index in [4.69, 9.17) is 10.5 Å². The molecule has 0 aromatic heterocycles. The molecule has 0 aliphatic carbocycles. The summed E-state index contributed by atoms with van der Waals surface area (Å²) in [5, 5.41) is 0. The molecule has 0 bridgehead atoms. The van der Waals surface area contributed by atoms with Crippen LogP contribution in [0, 0.1) is 0 Å². The fourth-order valence-corrected chi connectivity index (χ4v) is 2.34. The first-order chi connectivity index (χ1) is 9.91. The molecule has 2 N–H and O–H groups in total. The summed E-state index contributed by atoms with van der Waals surface area (Å²) in [6.45, 7) is 0.853. The van der Waals surface area contributed by atoms with E-state index in [-0.39, 0.29) is 24.3 Å². The van der Waals surface area contributed by atoms with Crippen LogP contribution in [0.4, 0.5) is 13.2 Å². The highest BCUT2D eigenvalue weighted by Gasteiger charge is 2.35. The van der Waals surface area contributed by atoms with Gasteiger partial charge >= 0.3 is 6.18 Å². The van der Waals surface area contributed by atoms with Crippen LogP contribution in [-0.2, 0) is 11.0 Å². The van der Waals surface area contributed by atoms with Crippen LogP contribution in [0.25, 0.3) is 0 Å². The molecule has 1 fully saturated rings. The Morgan fingerprint density at radius 2 is 1.90 bits per heavy atom. The number of para-hydroxylation sites is 1. The molecule has 21 heavy (non-hydrogen) atoms. The van der Waals surface area contributed by atoms with Gasteiger partial charge in [0.05, 0.1) is 12.1 Å². The summed E-state index contributed by atoms with van der Waals surface area (Å²) in [6, 6.07) is 5.17. The molecule has 0 unspecified atom stereocenters. The van der Waals surface area contributed by atoms with E-state index < -0.39 is 11.7 Å². The highest BCUT2D eigenvalue weighted by atomic mass is 19.4. The number of hydrogen-bond acceptors (Lipinski definition) is 3. The molecule has 1 aliphatic heterocycles. The molecule has 2 rings (SSSR count). The number of carbonyl (C=O) groups is 1. The van der Waals surface area contributed by atoms with E-state index in [2.05, 4.69) is 0 Å². The molecule has 1 heterocycles. The normalized spacial score (nSPS) is 16.9. The second-order valence-corrected chi connectivity index (χ2v) is 4.90. The highest BCUT2D eigenvalue weighted by Crippen LogP contribution is 2.36. The lowest BCUT2D eigenvalue weighted by molar-refractivity contribution is -0.139. The van der Waals surface area contributed by atoms with E-state index in [1.807, 2.05) is 0 Å². The molecular weight excluding hydrogens is 285 g/mol. The topological polar surface area (TPSA) is 55.6 Å². The first-order valence-corrected chi connectivity index (χ1v) is 6.72. The number of benzene rings is 1. The number of piperidine rings is 1. The van der Waals surface area contributed by atoms with Gasteiger partial charge in [-0.05, 0) is 12.1 Å². The lowest BCUT2D eigenvalue weighted by Gasteiger charge is -2.32. The minimum absolute atomic E-state index is 0.0531. The van der Waals surface area contributed by atoms with Gasteiger partial charge in [0, 0.05) is 25.9 Å². The van der Waals surface area contributed by atoms with Crippen molar-refractivity contribution in [2.75, 3.05) is 19.6 Å². The van der Waals surface area contributed by atoms with Gasteiger partial charge in [-0.1, -0.05) is 12.1 Å². The molecule has 1 aliphatic rings. The van der Waals surface area contributed by atoms with Gasteiger partial charge in [0.1, 0.15) is 11.9 Å². The van der Waals surface area contributed by atoms with Crippen molar-refractivity contribution in [3.8, 4) is 5.75 Å². The first-order valence-electron chi connectivity index (χ1n) is 6.72. The van der Waals surface area contributed by atoms with Crippen molar-refractivity contribution in [3.63, 3.8) is 0 Å². The van der Waals surface area contributed by atoms with Crippen LogP contribution in [-0.4, -0.2) is 36.5 Å². The molecule has 0 saturated carbocycles. The van der Waals surface area contributed by atoms with E-state index in [1.165, 1.54) is 18.2 Å². The van der Waals surface area contributed by atoms with Crippen LogP contribution >= 0.6 is 0 Å². The van der Waals surface area contributed by atoms with Crippen molar-refractivity contribution in [1.82, 2.24) is 4.90 Å². The standard InChI is InChI=1S/C14H17F3N2O2/c15-14(16,17)11-3-1-2-4-12(11)21-10-5-7-19(8-6-10)13(20)9-18/h1-4,10H,5-9,18H2. The van der Waals surface area contributed by atoms with Crippen LogP contribution in [0.1, 0.15) is 18.4 Å². The SMILES string of the molecule is NCC(=O)N1CCC(Oc2ccccc2C(F)(F)F)CC1. The summed E-state index contributed by atoms with van der Waals surface area (Å²) >= 11 is 0. The number of nitrogens with two attached hydrogens (primary N) is 1. The number of nitrogens with zero attached hydrogens (tertiary/aromatic N) is 1. The van der Waals surface area contributed by atoms with Crippen molar-refractivity contribution in [1.29, 1.82) is 0 Å². The summed E-state index contributed by atoms with van der Waals surface area (Å²) in [6.07, 6.45) is -3.77. The summed E-state index contributed by atoms with van der Waals surface area (Å²) < 4.78 is 44.1. The maximum atomic E-state index is 12.9. The highest BCUT2D eigenvalue weighted by molar-refractivity contribution is 5.78. The monoisotopic (exact) mass is 302 g/mol. The number of carbonyl (C=O) groups excluding carboxylic acids is 1. The third kappa shape index (κ3) is 3.87. The van der Waals surface area contributed by atoms with Gasteiger partial charge in [-0.15, -0.1) is 0 Å². The molecule has 1 saturated heterocycles. The summed E-state index contributed by atoms with van der Waals surface area (Å²) in [7, 11) is 0. The molecule has 7 heteroatoms. The third-order valence-electron chi connectivity index (χ3n) is 3.46. The molecule has 0 spiro atoms. The van der Waals surface area contributed by atoms with E-state index in [0.29, 0.717) is 25.9 Å². The Labute approximate surface area is 120 Å². The number of halogens is 3. The Morgan fingerprint density at radius 1 is 1.29 bits per heavy atom. The molecule has 4 nitrogen and oxygen atoms in total. The van der Waals surface area contributed by atoms with E-state index >= 15 is 0 Å². The summed E-state index contributed by atoms with van der Waals surface area (Å²) in [4.78, 5) is 13.0. The molecule has 1 aromatic rings. The number of amides is 1. The minimum Gasteiger partial charge on any atom is -0.490 e. The second-order valence-electron chi connectivity index (χ2n) is 4.90. The largest absolute Gasteiger partial charge is 0.490 e. The van der Waals surface area contributed by atoms with Gasteiger partial charge in [-0.2, -0.15) is 13.2 Å². The van der Waals surface area contributed by atoms with E-state index in [9.17, 15) is 18.0 Å². The van der Waals surface area contributed by atoms with Gasteiger partial charge in [-0.3, -0.25) is 4.79 Å². The van der Waals surface area contributed by atoms with Crippen LogP contribution in [0.5, 0.6) is 5.75 Å². The average molecular weight is 302 g/mol. The number of rotatable bonds is 3. The zero-order valence-corrected chi connectivity index (χ0v) is 11.4. The number of likely N-dealkylation sites (tertiary alicyclic amines) is 1. The third-order valence-corrected chi connectivity index (χ3v) is 3.46. The van der Waals surface area contributed by atoms with Crippen LogP contribution in [0.15, 0.2) is 24.3 Å². The quantitative estimate of drug-likeness (QED) is 0.929. The van der Waals surface area contributed by atoms with Gasteiger partial charge in [0.25, 0.3) is 0 Å². The zero-order chi connectivity index (χ0) is 15.5. The van der Waals surface area contributed by atoms with Crippen LogP contribution in [0.3, 0.4) is 0 Å². The fraction of sp³-hybridized carbons (Fsp3) is 0.500. The van der Waals surface area contributed by atoms with Crippen molar-refractivity contribution in [2.24, 2.45) is 5.73 Å². The van der Waals surface area contributed by atoms with Crippen LogP contribution < -0.4 is 10.5 Å². The molecule has 0 radical (unpaired) electrons. The molecular formula is C14H17F3N2O2. The Bertz CT molecular complexity index is 497. The predicted molar refractivity (Wildman–Crippen MR) is 70.7 cm³/mol. The number of hydrogen-bond donors (Lipinski definition) is 1. The average Bonchev–Trinajstić information content (AvgIpc) is 2.47. The van der Waals surface area contributed by atoms with Crippen molar-refractivity contribution < 1.29 is 22.7 Å². The zero-order valence-electron chi connectivity index (χ0n) is 11.4. The first kappa shape index (κ1) is 15.6. The van der Waals surface area contributed by atoms with E-state index in [1.54, 1.807) is 4.90 Å². The molecule has 0 atom stereocenters. The number of ether oxygens (including phenoxy) is 1. The smallest absolute Gasteiger partial charge is 0.419 e. The van der Waals surface area contributed by atoms with Gasteiger partial charge in [0.2, 0.25) is 5.91 Å². The summed E-state index contributed by atoms with van der Waals surface area (Å²) in [5.74, 6) is -0.308. The predicted octanol–water partition coefficient (Wildman–Crippen LogP) is 2.03. The van der Waals surface area contributed by atoms with Crippen molar-refractivity contribution in [3.05, 3.63) is 29.8 Å². The maximum absolute atomic E-state index is 12.9. The number of alkyl halides is 3. The Morgan fingerprint density at radius 3 is 2.48 bits per heavy atom. The van der Waals surface area contributed by atoms with Crippen molar-refractivity contribution in [2.45, 2.75) is 25.1 Å². The van der Waals surface area contributed by atoms with Crippen molar-refractivity contribution >= 4 is 5.91 Å². The summed E-state index contributed by atoms with van der Waals surface area (Å²) in [5.41, 5.74) is 4.51. The van der Waals surface area contributed by atoms with Gasteiger partial charge < -0.3 is 15.4 Å². The van der Waals surface area contributed by atoms with Crippen LogP contribution in [0.2, 0.25) is 0 Å². The molecule has 1 amide bonds. The second kappa shape index (κ2) is 6.34. The molecule has 116 valence electrons. The lowest BCUT2D eigenvalue weighted by atomic mass is 10.1. The Kier molecular flexibility index (Phi) is 4.72. The maximum Gasteiger partial charge on any atom is 0.419 e. The van der Waals surface area contributed by atoms with E-state index in [0.717, 1.165) is 6.07 Å². The Hall–Kier alpha value is -1.76. The lowest BCUT2D eigenvalue weighted by Crippen LogP contribution is -2.44. The molecule has 1 aromatic carbocycles. The van der Waals surface area contributed by atoms with Gasteiger partial charge in [0.15, 0.2) is 0 Å².